The quantitative estimate of drug-likeness (QED) is 0.753. The third kappa shape index (κ3) is 3.66. The number of hydrogen-bond acceptors (Lipinski definition) is 4. The number of primary amides is 1. The molecule has 24 heavy (non-hydrogen) atoms. The second-order valence-corrected chi connectivity index (χ2v) is 6.41. The van der Waals surface area contributed by atoms with Crippen LogP contribution >= 0.6 is 0 Å². The van der Waals surface area contributed by atoms with Gasteiger partial charge in [0, 0.05) is 22.9 Å². The summed E-state index contributed by atoms with van der Waals surface area (Å²) in [6, 6.07) is 3.93. The second kappa shape index (κ2) is 7.60. The molecule has 3 N–H and O–H groups in total. The lowest BCUT2D eigenvalue weighted by molar-refractivity contribution is -0.113. The Hall–Kier alpha value is -2.17. The first-order valence-corrected chi connectivity index (χ1v) is 8.53. The van der Waals surface area contributed by atoms with Gasteiger partial charge in [-0.05, 0) is 37.0 Å². The van der Waals surface area contributed by atoms with E-state index in [4.69, 9.17) is 15.2 Å². The summed E-state index contributed by atoms with van der Waals surface area (Å²) in [6.07, 6.45) is 6.57. The van der Waals surface area contributed by atoms with Crippen molar-refractivity contribution < 1.29 is 14.3 Å². The summed E-state index contributed by atoms with van der Waals surface area (Å²) in [5.74, 6) is 0.896. The molecule has 0 radical (unpaired) electrons. The van der Waals surface area contributed by atoms with Gasteiger partial charge in [-0.1, -0.05) is 26.7 Å². The highest BCUT2D eigenvalue weighted by Gasteiger charge is 2.35. The fourth-order valence-electron chi connectivity index (χ4n) is 3.72. The van der Waals surface area contributed by atoms with Crippen molar-refractivity contribution in [2.45, 2.75) is 51.5 Å². The lowest BCUT2D eigenvalue weighted by Crippen LogP contribution is -2.49. The topological polar surface area (TPSA) is 73.6 Å². The molecule has 1 aliphatic rings. The predicted octanol–water partition coefficient (Wildman–Crippen LogP) is 3.01. The van der Waals surface area contributed by atoms with Crippen LogP contribution < -0.4 is 20.5 Å². The Morgan fingerprint density at radius 2 is 1.79 bits per heavy atom. The smallest absolute Gasteiger partial charge is 0.243 e. The first kappa shape index (κ1) is 18.2. The van der Waals surface area contributed by atoms with E-state index < -0.39 is 5.91 Å². The molecule has 1 heterocycles. The number of nitrogens with two attached hydrogens (primary N) is 1. The summed E-state index contributed by atoms with van der Waals surface area (Å²) >= 11 is 0. The number of rotatable bonds is 7. The van der Waals surface area contributed by atoms with Crippen LogP contribution in [0.4, 0.5) is 0 Å². The van der Waals surface area contributed by atoms with E-state index in [2.05, 4.69) is 19.2 Å². The number of amides is 1. The number of carbonyl (C=O) groups excluding carboxylic acids is 1. The molecule has 132 valence electrons. The van der Waals surface area contributed by atoms with Crippen molar-refractivity contribution in [3.63, 3.8) is 0 Å². The normalized spacial score (nSPS) is 17.1. The third-order valence-electron chi connectivity index (χ3n) is 4.57. The van der Waals surface area contributed by atoms with E-state index in [0.29, 0.717) is 11.5 Å². The SMILES string of the molecule is CCCC1(CCC)Cc2cc(OC)c(OC)cc2C(=CC(N)=O)N1. The lowest BCUT2D eigenvalue weighted by Gasteiger charge is -2.41. The van der Waals surface area contributed by atoms with Crippen LogP contribution in [0.1, 0.15) is 50.7 Å². The summed E-state index contributed by atoms with van der Waals surface area (Å²) in [5, 5.41) is 3.61. The van der Waals surface area contributed by atoms with E-state index in [-0.39, 0.29) is 5.54 Å². The Kier molecular flexibility index (Phi) is 5.75. The van der Waals surface area contributed by atoms with Gasteiger partial charge in [-0.2, -0.15) is 0 Å². The maximum absolute atomic E-state index is 11.5. The van der Waals surface area contributed by atoms with Gasteiger partial charge >= 0.3 is 0 Å². The number of benzene rings is 1. The minimum atomic E-state index is -0.456. The number of nitrogens with one attached hydrogen (secondary N) is 1. The summed E-state index contributed by atoms with van der Waals surface area (Å²) < 4.78 is 10.9. The van der Waals surface area contributed by atoms with Crippen molar-refractivity contribution in [3.05, 3.63) is 29.3 Å². The molecule has 0 saturated heterocycles. The lowest BCUT2D eigenvalue weighted by atomic mass is 9.77. The molecule has 0 unspecified atom stereocenters. The molecule has 0 aromatic heterocycles. The molecule has 2 rings (SSSR count). The zero-order valence-corrected chi connectivity index (χ0v) is 15.1. The van der Waals surface area contributed by atoms with Crippen LogP contribution in [0.2, 0.25) is 0 Å². The predicted molar refractivity (Wildman–Crippen MR) is 96.1 cm³/mol. The molecule has 0 bridgehead atoms. The van der Waals surface area contributed by atoms with Crippen molar-refractivity contribution in [3.8, 4) is 11.5 Å². The molecule has 5 heteroatoms. The first-order chi connectivity index (χ1) is 11.5. The van der Waals surface area contributed by atoms with E-state index in [1.165, 1.54) is 6.08 Å². The first-order valence-electron chi connectivity index (χ1n) is 8.53. The van der Waals surface area contributed by atoms with Gasteiger partial charge in [0.15, 0.2) is 11.5 Å². The van der Waals surface area contributed by atoms with Gasteiger partial charge < -0.3 is 20.5 Å². The molecule has 0 aliphatic carbocycles. The van der Waals surface area contributed by atoms with Crippen molar-refractivity contribution in [1.82, 2.24) is 5.32 Å². The molecule has 1 aliphatic heterocycles. The molecule has 1 aromatic carbocycles. The summed E-state index contributed by atoms with van der Waals surface area (Å²) in [7, 11) is 3.24. The van der Waals surface area contributed by atoms with Crippen LogP contribution in [-0.4, -0.2) is 25.7 Å². The highest BCUT2D eigenvalue weighted by molar-refractivity contribution is 5.94. The number of methoxy groups -OCH3 is 2. The van der Waals surface area contributed by atoms with Gasteiger partial charge in [-0.3, -0.25) is 4.79 Å². The Bertz CT molecular complexity index is 632. The van der Waals surface area contributed by atoms with E-state index in [1.54, 1.807) is 14.2 Å². The van der Waals surface area contributed by atoms with Crippen LogP contribution in [0.5, 0.6) is 11.5 Å². The van der Waals surface area contributed by atoms with E-state index >= 15 is 0 Å². The monoisotopic (exact) mass is 332 g/mol. The molecular formula is C19H28N2O3. The van der Waals surface area contributed by atoms with Crippen molar-refractivity contribution in [2.75, 3.05) is 14.2 Å². The number of fused-ring (bicyclic) bond motifs is 1. The average Bonchev–Trinajstić information content (AvgIpc) is 2.53. The van der Waals surface area contributed by atoms with Gasteiger partial charge in [-0.25, -0.2) is 0 Å². The molecule has 0 atom stereocenters. The molecule has 5 nitrogen and oxygen atoms in total. The fraction of sp³-hybridized carbons (Fsp3) is 0.526. The fourth-order valence-corrected chi connectivity index (χ4v) is 3.72. The summed E-state index contributed by atoms with van der Waals surface area (Å²) in [4.78, 5) is 11.5. The van der Waals surface area contributed by atoms with Crippen LogP contribution in [-0.2, 0) is 11.2 Å². The number of ether oxygens (including phenoxy) is 2. The zero-order chi connectivity index (χ0) is 17.7. The van der Waals surface area contributed by atoms with Gasteiger partial charge in [0.25, 0.3) is 0 Å². The minimum Gasteiger partial charge on any atom is -0.493 e. The van der Waals surface area contributed by atoms with Gasteiger partial charge in [-0.15, -0.1) is 0 Å². The Balaban J connectivity index is 2.60. The number of carbonyl (C=O) groups is 1. The Morgan fingerprint density at radius 3 is 2.29 bits per heavy atom. The van der Waals surface area contributed by atoms with Crippen LogP contribution in [0, 0.1) is 0 Å². The van der Waals surface area contributed by atoms with Crippen molar-refractivity contribution >= 4 is 11.6 Å². The third-order valence-corrected chi connectivity index (χ3v) is 4.57. The molecule has 0 spiro atoms. The standard InChI is InChI=1S/C19H28N2O3/c1-5-7-19(8-6-2)12-13-9-16(23-3)17(24-4)10-14(13)15(21-19)11-18(20)22/h9-11,21H,5-8,12H2,1-4H3,(H2,20,22). The maximum Gasteiger partial charge on any atom is 0.243 e. The van der Waals surface area contributed by atoms with Gasteiger partial charge in [0.05, 0.1) is 14.2 Å². The minimum absolute atomic E-state index is 0.0582. The molecule has 1 amide bonds. The van der Waals surface area contributed by atoms with Crippen molar-refractivity contribution in [2.24, 2.45) is 5.73 Å². The summed E-state index contributed by atoms with van der Waals surface area (Å²) in [5.41, 5.74) is 8.25. The number of hydrogen-bond donors (Lipinski definition) is 2. The Labute approximate surface area is 144 Å². The zero-order valence-electron chi connectivity index (χ0n) is 15.1. The Morgan fingerprint density at radius 1 is 1.21 bits per heavy atom. The highest BCUT2D eigenvalue weighted by Crippen LogP contribution is 2.40. The molecule has 0 fully saturated rings. The van der Waals surface area contributed by atoms with E-state index in [9.17, 15) is 4.79 Å². The van der Waals surface area contributed by atoms with E-state index in [0.717, 1.165) is 48.9 Å². The van der Waals surface area contributed by atoms with Crippen LogP contribution in [0.3, 0.4) is 0 Å². The maximum atomic E-state index is 11.5. The molecule has 1 aromatic rings. The molecular weight excluding hydrogens is 304 g/mol. The largest absolute Gasteiger partial charge is 0.493 e. The van der Waals surface area contributed by atoms with Gasteiger partial charge in [0.1, 0.15) is 0 Å². The average molecular weight is 332 g/mol. The highest BCUT2D eigenvalue weighted by atomic mass is 16.5. The van der Waals surface area contributed by atoms with Gasteiger partial charge in [0.2, 0.25) is 5.91 Å². The van der Waals surface area contributed by atoms with E-state index in [1.807, 2.05) is 12.1 Å². The summed E-state index contributed by atoms with van der Waals surface area (Å²) in [6.45, 7) is 4.36. The van der Waals surface area contributed by atoms with Crippen molar-refractivity contribution in [1.29, 1.82) is 0 Å². The van der Waals surface area contributed by atoms with Crippen LogP contribution in [0.15, 0.2) is 18.2 Å². The molecule has 0 saturated carbocycles. The van der Waals surface area contributed by atoms with Crippen LogP contribution in [0.25, 0.3) is 5.70 Å². The second-order valence-electron chi connectivity index (χ2n) is 6.41.